The molecule has 0 aliphatic carbocycles. The molecule has 0 aromatic carbocycles. The number of hydrogen-bond acceptors (Lipinski definition) is 1. The highest BCUT2D eigenvalue weighted by Gasteiger charge is 1.73. The Hall–Kier alpha value is -1.05. The van der Waals surface area contributed by atoms with E-state index in [-0.39, 0.29) is 0 Å². The van der Waals surface area contributed by atoms with Crippen molar-refractivity contribution in [3.05, 3.63) is 25.8 Å². The third-order valence-corrected chi connectivity index (χ3v) is 0.175. The second-order valence-electron chi connectivity index (χ2n) is 0.542. The van der Waals surface area contributed by atoms with Gasteiger partial charge in [0.25, 0.3) is 0 Å². The lowest BCUT2D eigenvalue weighted by molar-refractivity contribution is -0.131. The van der Waals surface area contributed by atoms with Gasteiger partial charge in [0.05, 0.1) is 0 Å². The van der Waals surface area contributed by atoms with Gasteiger partial charge >= 0.3 is 5.97 Å². The van der Waals surface area contributed by atoms with Crippen LogP contribution in [0.3, 0.4) is 0 Å². The van der Waals surface area contributed by atoms with Crippen LogP contribution < -0.4 is 0 Å². The number of rotatable bonds is 1. The molecule has 2 nitrogen and oxygen atoms in total. The maximum absolute atomic E-state index is 9.25. The van der Waals surface area contributed by atoms with Gasteiger partial charge < -0.3 is 5.11 Å². The third kappa shape index (κ3) is 47.7. The van der Waals surface area contributed by atoms with Gasteiger partial charge in [-0.25, -0.2) is 4.79 Å². The lowest BCUT2D eigenvalue weighted by atomic mass is 10.7. The van der Waals surface area contributed by atoms with Crippen LogP contribution in [0.1, 0.15) is 0 Å². The Kier molecular flexibility index (Phi) is 11.8. The Balaban J connectivity index is 0. The quantitative estimate of drug-likeness (QED) is 0.395. The zero-order valence-electron chi connectivity index (χ0n) is 4.05. The highest BCUT2D eigenvalue weighted by molar-refractivity contribution is 5.78. The smallest absolute Gasteiger partial charge is 0.327 e. The predicted octanol–water partition coefficient (Wildman–Crippen LogP) is 1.06. The number of aliphatic carboxylic acids is 1. The fraction of sp³-hybridized carbons (Fsp3) is 0. The van der Waals surface area contributed by atoms with Gasteiger partial charge in [-0.05, 0) is 0 Å². The molecule has 0 radical (unpaired) electrons. The molecule has 1 N–H and O–H groups in total. The highest BCUT2D eigenvalue weighted by atomic mass is 16.4. The second-order valence-corrected chi connectivity index (χ2v) is 0.542. The van der Waals surface area contributed by atoms with E-state index in [1.807, 2.05) is 0 Å². The zero-order chi connectivity index (χ0) is 6.28. The second kappa shape index (κ2) is 8.87. The van der Waals surface area contributed by atoms with Gasteiger partial charge in [0.2, 0.25) is 0 Å². The number of carboxylic acids is 1. The third-order valence-electron chi connectivity index (χ3n) is 0.175. The molecule has 0 aromatic heterocycles. The SMILES string of the molecule is C=C.C=CC(=O)O. The predicted molar refractivity (Wildman–Crippen MR) is 29.1 cm³/mol. The molecule has 2 heteroatoms. The summed E-state index contributed by atoms with van der Waals surface area (Å²) in [7, 11) is 0. The van der Waals surface area contributed by atoms with Gasteiger partial charge in [0, 0.05) is 6.08 Å². The largest absolute Gasteiger partial charge is 0.478 e. The summed E-state index contributed by atoms with van der Waals surface area (Å²) in [6.45, 7) is 8.96. The fourth-order valence-electron chi connectivity index (χ4n) is 0. The summed E-state index contributed by atoms with van der Waals surface area (Å²) in [4.78, 5) is 9.25. The molecular formula is C5H8O2. The van der Waals surface area contributed by atoms with Crippen LogP contribution in [0.2, 0.25) is 0 Å². The summed E-state index contributed by atoms with van der Waals surface area (Å²) in [5, 5.41) is 7.60. The van der Waals surface area contributed by atoms with Gasteiger partial charge in [0.1, 0.15) is 0 Å². The van der Waals surface area contributed by atoms with E-state index in [1.165, 1.54) is 0 Å². The fourth-order valence-corrected chi connectivity index (χ4v) is 0. The van der Waals surface area contributed by atoms with Gasteiger partial charge in [-0.15, -0.1) is 13.2 Å². The first-order chi connectivity index (χ1) is 3.27. The molecule has 0 unspecified atom stereocenters. The minimum absolute atomic E-state index is 0.833. The molecule has 0 fully saturated rings. The monoisotopic (exact) mass is 100 g/mol. The van der Waals surface area contributed by atoms with Crippen molar-refractivity contribution < 1.29 is 9.90 Å². The lowest BCUT2D eigenvalue weighted by Crippen LogP contribution is -1.82. The summed E-state index contributed by atoms with van der Waals surface area (Å²) >= 11 is 0. The van der Waals surface area contributed by atoms with Crippen LogP contribution in [-0.2, 0) is 4.79 Å². The molecular weight excluding hydrogens is 92.1 g/mol. The van der Waals surface area contributed by atoms with Crippen molar-refractivity contribution in [3.63, 3.8) is 0 Å². The minimum atomic E-state index is -0.981. The molecule has 0 heterocycles. The van der Waals surface area contributed by atoms with E-state index in [0.29, 0.717) is 0 Å². The summed E-state index contributed by atoms with van der Waals surface area (Å²) in [5.74, 6) is -0.981. The van der Waals surface area contributed by atoms with E-state index >= 15 is 0 Å². The molecule has 0 spiro atoms. The summed E-state index contributed by atoms with van der Waals surface area (Å²) in [6.07, 6.45) is 0.833. The topological polar surface area (TPSA) is 37.3 Å². The molecule has 0 aliphatic heterocycles. The van der Waals surface area contributed by atoms with E-state index in [4.69, 9.17) is 5.11 Å². The van der Waals surface area contributed by atoms with Crippen LogP contribution in [0, 0.1) is 0 Å². The van der Waals surface area contributed by atoms with Gasteiger partial charge in [-0.1, -0.05) is 6.58 Å². The number of carbonyl (C=O) groups is 1. The van der Waals surface area contributed by atoms with Crippen molar-refractivity contribution in [3.8, 4) is 0 Å². The average molecular weight is 100 g/mol. The van der Waals surface area contributed by atoms with Crippen molar-refractivity contribution >= 4 is 5.97 Å². The molecule has 40 valence electrons. The van der Waals surface area contributed by atoms with Crippen LogP contribution in [-0.4, -0.2) is 11.1 Å². The minimum Gasteiger partial charge on any atom is -0.478 e. The lowest BCUT2D eigenvalue weighted by Gasteiger charge is -1.64. The van der Waals surface area contributed by atoms with Crippen LogP contribution in [0.15, 0.2) is 25.8 Å². The van der Waals surface area contributed by atoms with E-state index in [9.17, 15) is 4.79 Å². The molecule has 0 atom stereocenters. The molecule has 0 saturated heterocycles. The maximum Gasteiger partial charge on any atom is 0.327 e. The van der Waals surface area contributed by atoms with Crippen molar-refractivity contribution in [2.75, 3.05) is 0 Å². The van der Waals surface area contributed by atoms with Crippen LogP contribution in [0.4, 0.5) is 0 Å². The summed E-state index contributed by atoms with van der Waals surface area (Å²) < 4.78 is 0. The van der Waals surface area contributed by atoms with Crippen LogP contribution in [0.5, 0.6) is 0 Å². The normalized spacial score (nSPS) is 5.14. The molecule has 0 aliphatic rings. The number of carboxylic acid groups (broad SMARTS) is 1. The molecule has 0 rings (SSSR count). The molecule has 7 heavy (non-hydrogen) atoms. The standard InChI is InChI=1S/C3H4O2.C2H4/c1-2-3(4)5;1-2/h2H,1H2,(H,4,5);1-2H2. The first kappa shape index (κ1) is 9.34. The van der Waals surface area contributed by atoms with Crippen LogP contribution >= 0.6 is 0 Å². The summed E-state index contributed by atoms with van der Waals surface area (Å²) in [6, 6.07) is 0. The average Bonchev–Trinajstić information content (AvgIpc) is 1.73. The first-order valence-corrected chi connectivity index (χ1v) is 1.62. The van der Waals surface area contributed by atoms with Crippen molar-refractivity contribution in [1.29, 1.82) is 0 Å². The maximum atomic E-state index is 9.25. The van der Waals surface area contributed by atoms with Gasteiger partial charge in [-0.2, -0.15) is 0 Å². The van der Waals surface area contributed by atoms with Gasteiger partial charge in [-0.3, -0.25) is 0 Å². The Morgan fingerprint density at radius 1 is 1.57 bits per heavy atom. The van der Waals surface area contributed by atoms with E-state index < -0.39 is 5.97 Å². The first-order valence-electron chi connectivity index (χ1n) is 1.62. The molecule has 0 amide bonds. The zero-order valence-corrected chi connectivity index (χ0v) is 4.05. The van der Waals surface area contributed by atoms with Crippen molar-refractivity contribution in [1.82, 2.24) is 0 Å². The van der Waals surface area contributed by atoms with Crippen LogP contribution in [0.25, 0.3) is 0 Å². The molecule has 0 aromatic rings. The van der Waals surface area contributed by atoms with E-state index in [0.717, 1.165) is 6.08 Å². The Bertz CT molecular complexity index is 66.5. The van der Waals surface area contributed by atoms with E-state index in [1.54, 1.807) is 0 Å². The van der Waals surface area contributed by atoms with E-state index in [2.05, 4.69) is 19.7 Å². The Morgan fingerprint density at radius 3 is 1.71 bits per heavy atom. The summed E-state index contributed by atoms with van der Waals surface area (Å²) in [5.41, 5.74) is 0. The van der Waals surface area contributed by atoms with Crippen molar-refractivity contribution in [2.24, 2.45) is 0 Å². The Labute approximate surface area is 42.8 Å². The number of hydrogen-bond donors (Lipinski definition) is 1. The van der Waals surface area contributed by atoms with Gasteiger partial charge in [0.15, 0.2) is 0 Å². The Morgan fingerprint density at radius 2 is 1.71 bits per heavy atom. The highest BCUT2D eigenvalue weighted by Crippen LogP contribution is 1.54. The molecule has 0 bridgehead atoms. The van der Waals surface area contributed by atoms with Crippen molar-refractivity contribution in [2.45, 2.75) is 0 Å². The molecule has 0 saturated carbocycles.